The molecule has 0 fully saturated rings. The molecule has 0 aliphatic heterocycles. The Kier molecular flexibility index (Phi) is 3.91. The summed E-state index contributed by atoms with van der Waals surface area (Å²) in [4.78, 5) is 7.92. The van der Waals surface area contributed by atoms with Gasteiger partial charge in [0.2, 0.25) is 0 Å². The van der Waals surface area contributed by atoms with Crippen molar-refractivity contribution in [2.24, 2.45) is 0 Å². The second kappa shape index (κ2) is 5.33. The third-order valence-corrected chi connectivity index (χ3v) is 3.40. The zero-order chi connectivity index (χ0) is 14.9. The third-order valence-electron chi connectivity index (χ3n) is 3.40. The third kappa shape index (κ3) is 2.22. The first-order chi connectivity index (χ1) is 9.43. The summed E-state index contributed by atoms with van der Waals surface area (Å²) < 4.78 is 6.32. The first-order valence-corrected chi connectivity index (χ1v) is 6.05. The Morgan fingerprint density at radius 1 is 1.50 bits per heavy atom. The topological polar surface area (TPSA) is 127 Å². The Balaban J connectivity index is 2.49. The van der Waals surface area contributed by atoms with Gasteiger partial charge < -0.3 is 30.4 Å². The number of ether oxygens (including phenoxy) is 1. The minimum absolute atomic E-state index is 0.282. The van der Waals surface area contributed by atoms with Gasteiger partial charge >= 0.3 is 0 Å². The van der Waals surface area contributed by atoms with Crippen LogP contribution in [0.25, 0.3) is 11.0 Å². The van der Waals surface area contributed by atoms with Gasteiger partial charge in [-0.1, -0.05) is 0 Å². The van der Waals surface area contributed by atoms with Crippen LogP contribution >= 0.6 is 0 Å². The van der Waals surface area contributed by atoms with Gasteiger partial charge in [0.05, 0.1) is 12.0 Å². The maximum absolute atomic E-state index is 10.6. The molecule has 8 heteroatoms. The van der Waals surface area contributed by atoms with Gasteiger partial charge in [-0.15, -0.1) is 0 Å². The molecule has 110 valence electrons. The lowest BCUT2D eigenvalue weighted by Gasteiger charge is -2.34. The van der Waals surface area contributed by atoms with Gasteiger partial charge in [0.15, 0.2) is 5.72 Å². The molecule has 2 rings (SSSR count). The lowest BCUT2D eigenvalue weighted by Crippen LogP contribution is -2.50. The van der Waals surface area contributed by atoms with Crippen molar-refractivity contribution in [1.82, 2.24) is 14.5 Å². The zero-order valence-electron chi connectivity index (χ0n) is 11.3. The standard InChI is InChI=1S/C12H18N4O4/c1-12(19,9(18)8(5-17)20-2)16-4-3-7-10(13)14-6-15-11(7)16/h3-4,6,8-9,17-19H,5H2,1-2H3,(H2,13,14,15)/t8-,9-,12+/m1/s1. The Morgan fingerprint density at radius 3 is 2.80 bits per heavy atom. The first-order valence-electron chi connectivity index (χ1n) is 6.05. The van der Waals surface area contributed by atoms with Crippen molar-refractivity contribution in [3.8, 4) is 0 Å². The first kappa shape index (κ1) is 14.7. The number of aliphatic hydroxyl groups excluding tert-OH is 2. The molecule has 20 heavy (non-hydrogen) atoms. The summed E-state index contributed by atoms with van der Waals surface area (Å²) in [5.74, 6) is 0.282. The van der Waals surface area contributed by atoms with Crippen LogP contribution in [0.2, 0.25) is 0 Å². The Labute approximate surface area is 115 Å². The van der Waals surface area contributed by atoms with Gasteiger partial charge in [0, 0.05) is 13.3 Å². The van der Waals surface area contributed by atoms with Crippen LogP contribution in [0.1, 0.15) is 6.92 Å². The van der Waals surface area contributed by atoms with Gasteiger partial charge in [0.1, 0.15) is 30.0 Å². The Hall–Kier alpha value is -1.74. The number of aliphatic hydroxyl groups is 3. The van der Waals surface area contributed by atoms with E-state index in [1.807, 2.05) is 0 Å². The van der Waals surface area contributed by atoms with E-state index >= 15 is 0 Å². The van der Waals surface area contributed by atoms with Crippen molar-refractivity contribution >= 4 is 16.9 Å². The summed E-state index contributed by atoms with van der Waals surface area (Å²) in [6, 6.07) is 1.65. The fourth-order valence-corrected chi connectivity index (χ4v) is 2.13. The number of nitrogen functional groups attached to an aromatic ring is 1. The number of nitrogens with zero attached hydrogens (tertiary/aromatic N) is 3. The van der Waals surface area contributed by atoms with E-state index in [1.165, 1.54) is 24.9 Å². The largest absolute Gasteiger partial charge is 0.394 e. The van der Waals surface area contributed by atoms with Crippen LogP contribution < -0.4 is 5.73 Å². The highest BCUT2D eigenvalue weighted by molar-refractivity contribution is 5.86. The molecule has 5 N–H and O–H groups in total. The molecule has 0 aromatic carbocycles. The van der Waals surface area contributed by atoms with Crippen molar-refractivity contribution in [3.63, 3.8) is 0 Å². The quantitative estimate of drug-likeness (QED) is 0.556. The average molecular weight is 282 g/mol. The molecule has 0 unspecified atom stereocenters. The molecule has 0 saturated carbocycles. The van der Waals surface area contributed by atoms with Crippen LogP contribution in [0.15, 0.2) is 18.6 Å². The van der Waals surface area contributed by atoms with Crippen molar-refractivity contribution < 1.29 is 20.1 Å². The maximum atomic E-state index is 10.6. The Bertz CT molecular complexity index is 594. The van der Waals surface area contributed by atoms with Crippen LogP contribution in [0.4, 0.5) is 5.82 Å². The zero-order valence-corrected chi connectivity index (χ0v) is 11.3. The molecule has 8 nitrogen and oxygen atoms in total. The summed E-state index contributed by atoms with van der Waals surface area (Å²) in [5.41, 5.74) is 4.38. The molecule has 0 amide bonds. The summed E-state index contributed by atoms with van der Waals surface area (Å²) in [5, 5.41) is 30.5. The molecule has 0 saturated heterocycles. The second-order valence-electron chi connectivity index (χ2n) is 4.68. The van der Waals surface area contributed by atoms with E-state index in [2.05, 4.69) is 9.97 Å². The van der Waals surface area contributed by atoms with Crippen LogP contribution in [0.3, 0.4) is 0 Å². The van der Waals surface area contributed by atoms with Gasteiger partial charge in [-0.05, 0) is 13.0 Å². The van der Waals surface area contributed by atoms with E-state index in [0.29, 0.717) is 11.0 Å². The average Bonchev–Trinajstić information content (AvgIpc) is 2.86. The van der Waals surface area contributed by atoms with E-state index in [4.69, 9.17) is 15.6 Å². The molecule has 0 spiro atoms. The van der Waals surface area contributed by atoms with Crippen molar-refractivity contribution in [2.45, 2.75) is 24.9 Å². The van der Waals surface area contributed by atoms with Gasteiger partial charge in [-0.25, -0.2) is 9.97 Å². The highest BCUT2D eigenvalue weighted by Crippen LogP contribution is 2.27. The van der Waals surface area contributed by atoms with E-state index < -0.39 is 24.5 Å². The van der Waals surface area contributed by atoms with Crippen molar-refractivity contribution in [3.05, 3.63) is 18.6 Å². The fraction of sp³-hybridized carbons (Fsp3) is 0.500. The van der Waals surface area contributed by atoms with E-state index in [9.17, 15) is 10.2 Å². The predicted molar refractivity (Wildman–Crippen MR) is 71.7 cm³/mol. The minimum Gasteiger partial charge on any atom is -0.394 e. The van der Waals surface area contributed by atoms with Gasteiger partial charge in [-0.2, -0.15) is 0 Å². The number of hydrogen-bond acceptors (Lipinski definition) is 7. The number of aromatic nitrogens is 3. The summed E-state index contributed by atoms with van der Waals surface area (Å²) >= 11 is 0. The van der Waals surface area contributed by atoms with E-state index in [-0.39, 0.29) is 5.82 Å². The highest BCUT2D eigenvalue weighted by Gasteiger charge is 2.39. The molecular formula is C12H18N4O4. The number of rotatable bonds is 5. The smallest absolute Gasteiger partial charge is 0.168 e. The Morgan fingerprint density at radius 2 is 2.20 bits per heavy atom. The number of fused-ring (bicyclic) bond motifs is 1. The summed E-state index contributed by atoms with van der Waals surface area (Å²) in [7, 11) is 1.34. The number of hydrogen-bond donors (Lipinski definition) is 4. The SMILES string of the molecule is CO[C@H](CO)[C@@H](O)[C@](C)(O)n1ccc2c(N)ncnc21. The minimum atomic E-state index is -1.73. The van der Waals surface area contributed by atoms with Crippen LogP contribution in [0.5, 0.6) is 0 Å². The van der Waals surface area contributed by atoms with Crippen LogP contribution in [0, 0.1) is 0 Å². The lowest BCUT2D eigenvalue weighted by molar-refractivity contribution is -0.174. The summed E-state index contributed by atoms with van der Waals surface area (Å²) in [6.07, 6.45) is 0.533. The summed E-state index contributed by atoms with van der Waals surface area (Å²) in [6.45, 7) is 0.973. The maximum Gasteiger partial charge on any atom is 0.168 e. The molecule has 2 aromatic rings. The van der Waals surface area contributed by atoms with Gasteiger partial charge in [0.25, 0.3) is 0 Å². The van der Waals surface area contributed by atoms with E-state index in [1.54, 1.807) is 12.3 Å². The van der Waals surface area contributed by atoms with Crippen LogP contribution in [-0.2, 0) is 10.5 Å². The number of anilines is 1. The molecule has 0 radical (unpaired) electrons. The van der Waals surface area contributed by atoms with Gasteiger partial charge in [-0.3, -0.25) is 0 Å². The van der Waals surface area contributed by atoms with Crippen molar-refractivity contribution in [2.75, 3.05) is 19.5 Å². The van der Waals surface area contributed by atoms with Crippen LogP contribution in [-0.4, -0.2) is 55.8 Å². The highest BCUT2D eigenvalue weighted by atomic mass is 16.5. The monoisotopic (exact) mass is 282 g/mol. The molecule has 0 bridgehead atoms. The molecule has 0 aliphatic carbocycles. The number of methoxy groups -OCH3 is 1. The van der Waals surface area contributed by atoms with E-state index in [0.717, 1.165) is 0 Å². The molecule has 2 heterocycles. The molecular weight excluding hydrogens is 264 g/mol. The molecule has 0 aliphatic rings. The normalized spacial score (nSPS) is 17.9. The number of nitrogens with two attached hydrogens (primary N) is 1. The van der Waals surface area contributed by atoms with Crippen molar-refractivity contribution in [1.29, 1.82) is 0 Å². The fourth-order valence-electron chi connectivity index (χ4n) is 2.13. The second-order valence-corrected chi connectivity index (χ2v) is 4.68. The molecule has 2 aromatic heterocycles. The molecule has 3 atom stereocenters. The lowest BCUT2D eigenvalue weighted by atomic mass is 10.0. The predicted octanol–water partition coefficient (Wildman–Crippen LogP) is -0.953.